The molecule has 2 N–H and O–H groups in total. The lowest BCUT2D eigenvalue weighted by molar-refractivity contribution is 0.556. The largest absolute Gasteiger partial charge is 0.315 e. The van der Waals surface area contributed by atoms with Crippen molar-refractivity contribution in [1.82, 2.24) is 10.6 Å². The molecule has 1 rings (SSSR count). The van der Waals surface area contributed by atoms with Gasteiger partial charge < -0.3 is 10.6 Å². The lowest BCUT2D eigenvalue weighted by Crippen LogP contribution is -2.32. The van der Waals surface area contributed by atoms with E-state index in [0.717, 1.165) is 31.6 Å². The first kappa shape index (κ1) is 14.1. The lowest BCUT2D eigenvalue weighted by Gasteiger charge is -2.09. The maximum absolute atomic E-state index is 13.0. The Morgan fingerprint density at radius 3 is 2.59 bits per heavy atom. The minimum atomic E-state index is -0.122. The van der Waals surface area contributed by atoms with Crippen molar-refractivity contribution >= 4 is 0 Å². The Balaban J connectivity index is 2.16. The molecular weight excluding hydrogens is 215 g/mol. The van der Waals surface area contributed by atoms with Crippen molar-refractivity contribution in [3.8, 4) is 0 Å². The number of halogens is 1. The molecule has 0 radical (unpaired) electrons. The van der Waals surface area contributed by atoms with Crippen LogP contribution in [0.3, 0.4) is 0 Å². The first-order valence-corrected chi connectivity index (χ1v) is 6.28. The molecular formula is C14H23FN2. The molecule has 0 aliphatic heterocycles. The standard InChI is InChI=1S/C14H23FN2/c1-11(2)17-9-8-16-7-6-13-4-5-14(15)12(3)10-13/h4-5,10-11,16-17H,6-9H2,1-3H3. The van der Waals surface area contributed by atoms with Gasteiger partial charge in [0.2, 0.25) is 0 Å². The van der Waals surface area contributed by atoms with E-state index in [1.165, 1.54) is 5.56 Å². The zero-order valence-corrected chi connectivity index (χ0v) is 11.0. The zero-order chi connectivity index (χ0) is 12.7. The topological polar surface area (TPSA) is 24.1 Å². The predicted octanol–water partition coefficient (Wildman–Crippen LogP) is 2.26. The third-order valence-electron chi connectivity index (χ3n) is 2.67. The fourth-order valence-corrected chi connectivity index (χ4v) is 1.67. The van der Waals surface area contributed by atoms with E-state index in [1.54, 1.807) is 13.0 Å². The predicted molar refractivity (Wildman–Crippen MR) is 70.8 cm³/mol. The summed E-state index contributed by atoms with van der Waals surface area (Å²) >= 11 is 0. The van der Waals surface area contributed by atoms with Gasteiger partial charge in [-0.1, -0.05) is 26.0 Å². The summed E-state index contributed by atoms with van der Waals surface area (Å²) in [5.74, 6) is -0.122. The van der Waals surface area contributed by atoms with E-state index in [4.69, 9.17) is 0 Å². The molecule has 96 valence electrons. The quantitative estimate of drug-likeness (QED) is 0.712. The second-order valence-corrected chi connectivity index (χ2v) is 4.69. The normalized spacial score (nSPS) is 11.1. The molecule has 3 heteroatoms. The smallest absolute Gasteiger partial charge is 0.126 e. The molecule has 0 amide bonds. The monoisotopic (exact) mass is 238 g/mol. The molecule has 0 heterocycles. The van der Waals surface area contributed by atoms with Gasteiger partial charge in [-0.2, -0.15) is 0 Å². The fourth-order valence-electron chi connectivity index (χ4n) is 1.67. The average molecular weight is 238 g/mol. The summed E-state index contributed by atoms with van der Waals surface area (Å²) in [5, 5.41) is 6.72. The van der Waals surface area contributed by atoms with Crippen LogP contribution in [0.2, 0.25) is 0 Å². The van der Waals surface area contributed by atoms with E-state index in [1.807, 2.05) is 12.1 Å². The molecule has 0 bridgehead atoms. The molecule has 0 aliphatic rings. The van der Waals surface area contributed by atoms with Crippen LogP contribution in [0.5, 0.6) is 0 Å². The highest BCUT2D eigenvalue weighted by atomic mass is 19.1. The van der Waals surface area contributed by atoms with Gasteiger partial charge in [-0.05, 0) is 37.1 Å². The van der Waals surface area contributed by atoms with Crippen molar-refractivity contribution in [2.75, 3.05) is 19.6 Å². The molecule has 1 aromatic carbocycles. The molecule has 0 saturated heterocycles. The van der Waals surface area contributed by atoms with E-state index < -0.39 is 0 Å². The molecule has 2 nitrogen and oxygen atoms in total. The number of benzene rings is 1. The molecule has 0 saturated carbocycles. The number of rotatable bonds is 7. The number of hydrogen-bond donors (Lipinski definition) is 2. The van der Waals surface area contributed by atoms with Crippen LogP contribution in [0, 0.1) is 12.7 Å². The van der Waals surface area contributed by atoms with E-state index >= 15 is 0 Å². The molecule has 0 aromatic heterocycles. The van der Waals surface area contributed by atoms with Gasteiger partial charge >= 0.3 is 0 Å². The van der Waals surface area contributed by atoms with Gasteiger partial charge in [0.05, 0.1) is 0 Å². The second-order valence-electron chi connectivity index (χ2n) is 4.69. The van der Waals surface area contributed by atoms with Crippen LogP contribution >= 0.6 is 0 Å². The minimum absolute atomic E-state index is 0.122. The van der Waals surface area contributed by atoms with E-state index in [2.05, 4.69) is 24.5 Å². The third kappa shape index (κ3) is 5.80. The Labute approximate surface area is 104 Å². The van der Waals surface area contributed by atoms with Gasteiger partial charge in [0.15, 0.2) is 0 Å². The first-order chi connectivity index (χ1) is 8.09. The lowest BCUT2D eigenvalue weighted by atomic mass is 10.1. The Kier molecular flexibility index (Phi) is 6.16. The molecule has 0 spiro atoms. The van der Waals surface area contributed by atoms with Gasteiger partial charge in [0, 0.05) is 19.1 Å². The summed E-state index contributed by atoms with van der Waals surface area (Å²) in [6.45, 7) is 8.98. The van der Waals surface area contributed by atoms with E-state index in [-0.39, 0.29) is 5.82 Å². The molecule has 17 heavy (non-hydrogen) atoms. The number of aryl methyl sites for hydroxylation is 1. The summed E-state index contributed by atoms with van der Waals surface area (Å²) in [4.78, 5) is 0. The van der Waals surface area contributed by atoms with Gasteiger partial charge in [-0.3, -0.25) is 0 Å². The van der Waals surface area contributed by atoms with Crippen molar-refractivity contribution in [1.29, 1.82) is 0 Å². The van der Waals surface area contributed by atoms with Crippen LogP contribution in [-0.4, -0.2) is 25.7 Å². The fraction of sp³-hybridized carbons (Fsp3) is 0.571. The van der Waals surface area contributed by atoms with E-state index in [0.29, 0.717) is 6.04 Å². The summed E-state index contributed by atoms with van der Waals surface area (Å²) in [7, 11) is 0. The number of nitrogens with one attached hydrogen (secondary N) is 2. The Morgan fingerprint density at radius 1 is 1.18 bits per heavy atom. The average Bonchev–Trinajstić information content (AvgIpc) is 2.27. The molecule has 1 aromatic rings. The van der Waals surface area contributed by atoms with Crippen molar-refractivity contribution in [3.63, 3.8) is 0 Å². The second kappa shape index (κ2) is 7.41. The summed E-state index contributed by atoms with van der Waals surface area (Å²) in [6, 6.07) is 5.86. The van der Waals surface area contributed by atoms with Gasteiger partial charge in [0.1, 0.15) is 5.82 Å². The van der Waals surface area contributed by atoms with Gasteiger partial charge in [0.25, 0.3) is 0 Å². The zero-order valence-electron chi connectivity index (χ0n) is 11.0. The van der Waals surface area contributed by atoms with E-state index in [9.17, 15) is 4.39 Å². The first-order valence-electron chi connectivity index (χ1n) is 6.28. The Bertz CT molecular complexity index is 337. The van der Waals surface area contributed by atoms with Crippen LogP contribution in [-0.2, 0) is 6.42 Å². The summed E-state index contributed by atoms with van der Waals surface area (Å²) in [6.07, 6.45) is 0.947. The van der Waals surface area contributed by atoms with Crippen molar-refractivity contribution in [2.45, 2.75) is 33.2 Å². The maximum Gasteiger partial charge on any atom is 0.126 e. The van der Waals surface area contributed by atoms with Crippen molar-refractivity contribution in [2.24, 2.45) is 0 Å². The van der Waals surface area contributed by atoms with Crippen LogP contribution < -0.4 is 10.6 Å². The van der Waals surface area contributed by atoms with Gasteiger partial charge in [-0.25, -0.2) is 4.39 Å². The maximum atomic E-state index is 13.0. The number of hydrogen-bond acceptors (Lipinski definition) is 2. The summed E-state index contributed by atoms with van der Waals surface area (Å²) in [5.41, 5.74) is 1.91. The van der Waals surface area contributed by atoms with Crippen LogP contribution in [0.15, 0.2) is 18.2 Å². The SMILES string of the molecule is Cc1cc(CCNCCNC(C)C)ccc1F. The Hall–Kier alpha value is -0.930. The van der Waals surface area contributed by atoms with Crippen molar-refractivity contribution in [3.05, 3.63) is 35.1 Å². The van der Waals surface area contributed by atoms with Crippen LogP contribution in [0.1, 0.15) is 25.0 Å². The van der Waals surface area contributed by atoms with Gasteiger partial charge in [-0.15, -0.1) is 0 Å². The third-order valence-corrected chi connectivity index (χ3v) is 2.67. The molecule has 0 fully saturated rings. The van der Waals surface area contributed by atoms with Crippen LogP contribution in [0.4, 0.5) is 4.39 Å². The van der Waals surface area contributed by atoms with Crippen molar-refractivity contribution < 1.29 is 4.39 Å². The minimum Gasteiger partial charge on any atom is -0.315 e. The Morgan fingerprint density at radius 2 is 1.94 bits per heavy atom. The van der Waals surface area contributed by atoms with Crippen LogP contribution in [0.25, 0.3) is 0 Å². The highest BCUT2D eigenvalue weighted by Gasteiger charge is 1.98. The molecule has 0 aliphatic carbocycles. The summed E-state index contributed by atoms with van der Waals surface area (Å²) < 4.78 is 13.0. The molecule has 0 atom stereocenters. The highest BCUT2D eigenvalue weighted by molar-refractivity contribution is 5.24. The molecule has 0 unspecified atom stereocenters. The highest BCUT2D eigenvalue weighted by Crippen LogP contribution is 2.09.